The molecule has 1 N–H and O–H groups in total. The van der Waals surface area contributed by atoms with Crippen LogP contribution < -0.4 is 0 Å². The Balaban J connectivity index is 3.02. The van der Waals surface area contributed by atoms with Gasteiger partial charge in [0, 0.05) is 0 Å². The molecule has 0 aliphatic rings. The maximum atomic E-state index is 11.2. The van der Waals surface area contributed by atoms with Crippen LogP contribution in [0.25, 0.3) is 0 Å². The summed E-state index contributed by atoms with van der Waals surface area (Å²) in [7, 11) is 3.60. The van der Waals surface area contributed by atoms with Crippen LogP contribution in [-0.2, 0) is 11.2 Å². The van der Waals surface area contributed by atoms with Crippen LogP contribution in [0.3, 0.4) is 0 Å². The maximum Gasteiger partial charge on any atom is 0.321 e. The van der Waals surface area contributed by atoms with Gasteiger partial charge >= 0.3 is 5.97 Å². The minimum atomic E-state index is -0.771. The third kappa shape index (κ3) is 3.07. The molecule has 1 atom stereocenters. The zero-order valence-electron chi connectivity index (χ0n) is 11.2. The molecule has 0 bridgehead atoms. The Morgan fingerprint density at radius 2 is 1.82 bits per heavy atom. The van der Waals surface area contributed by atoms with Gasteiger partial charge in [0.15, 0.2) is 0 Å². The fourth-order valence-electron chi connectivity index (χ4n) is 1.93. The van der Waals surface area contributed by atoms with Gasteiger partial charge in [-0.05, 0) is 63.5 Å². The van der Waals surface area contributed by atoms with Crippen LogP contribution in [0.2, 0.25) is 0 Å². The first-order valence-electron chi connectivity index (χ1n) is 5.79. The van der Waals surface area contributed by atoms with Crippen molar-refractivity contribution in [3.8, 4) is 0 Å². The molecule has 0 heterocycles. The van der Waals surface area contributed by atoms with Crippen molar-refractivity contribution in [3.05, 3.63) is 34.4 Å². The number of carbonyl (C=O) groups is 1. The minimum Gasteiger partial charge on any atom is -0.480 e. The third-order valence-corrected chi connectivity index (χ3v) is 3.49. The van der Waals surface area contributed by atoms with Gasteiger partial charge in [0.2, 0.25) is 0 Å². The van der Waals surface area contributed by atoms with Gasteiger partial charge in [0.05, 0.1) is 0 Å². The Bertz CT molecular complexity index is 424. The number of carboxylic acids is 1. The van der Waals surface area contributed by atoms with Gasteiger partial charge in [-0.1, -0.05) is 12.1 Å². The van der Waals surface area contributed by atoms with E-state index in [9.17, 15) is 9.90 Å². The van der Waals surface area contributed by atoms with Crippen molar-refractivity contribution in [2.24, 2.45) is 0 Å². The molecule has 17 heavy (non-hydrogen) atoms. The first kappa shape index (κ1) is 13.7. The molecule has 0 radical (unpaired) electrons. The summed E-state index contributed by atoms with van der Waals surface area (Å²) >= 11 is 0. The van der Waals surface area contributed by atoms with Crippen LogP contribution in [0.15, 0.2) is 12.1 Å². The molecule has 1 aromatic carbocycles. The highest BCUT2D eigenvalue weighted by molar-refractivity contribution is 5.74. The SMILES string of the molecule is Cc1ccc(C[C@@H](C(=O)O)N(C)C)c(C)c1C. The Labute approximate surface area is 103 Å². The lowest BCUT2D eigenvalue weighted by molar-refractivity contribution is -0.142. The zero-order chi connectivity index (χ0) is 13.2. The van der Waals surface area contributed by atoms with Crippen LogP contribution >= 0.6 is 0 Å². The van der Waals surface area contributed by atoms with Gasteiger partial charge in [-0.15, -0.1) is 0 Å². The fraction of sp³-hybridized carbons (Fsp3) is 0.500. The van der Waals surface area contributed by atoms with E-state index in [-0.39, 0.29) is 0 Å². The largest absolute Gasteiger partial charge is 0.480 e. The predicted molar refractivity (Wildman–Crippen MR) is 69.5 cm³/mol. The van der Waals surface area contributed by atoms with E-state index < -0.39 is 12.0 Å². The molecule has 0 saturated heterocycles. The van der Waals surface area contributed by atoms with Crippen molar-refractivity contribution in [1.82, 2.24) is 4.90 Å². The van der Waals surface area contributed by atoms with E-state index in [0.717, 1.165) is 5.56 Å². The Morgan fingerprint density at radius 3 is 2.29 bits per heavy atom. The molecule has 94 valence electrons. The molecule has 0 saturated carbocycles. The van der Waals surface area contributed by atoms with E-state index >= 15 is 0 Å². The van der Waals surface area contributed by atoms with Crippen molar-refractivity contribution < 1.29 is 9.90 Å². The second-order valence-corrected chi connectivity index (χ2v) is 4.81. The average molecular weight is 235 g/mol. The van der Waals surface area contributed by atoms with E-state index in [1.807, 2.05) is 6.07 Å². The van der Waals surface area contributed by atoms with Gasteiger partial charge in [-0.2, -0.15) is 0 Å². The number of rotatable bonds is 4. The monoisotopic (exact) mass is 235 g/mol. The van der Waals surface area contributed by atoms with Crippen LogP contribution in [0.4, 0.5) is 0 Å². The number of hydrogen-bond acceptors (Lipinski definition) is 2. The summed E-state index contributed by atoms with van der Waals surface area (Å²) in [6.45, 7) is 6.22. The molecule has 1 rings (SSSR count). The molecule has 0 aliphatic heterocycles. The summed E-state index contributed by atoms with van der Waals surface area (Å²) in [6.07, 6.45) is 0.551. The normalized spacial score (nSPS) is 12.8. The molecule has 0 aromatic heterocycles. The average Bonchev–Trinajstić information content (AvgIpc) is 2.24. The van der Waals surface area contributed by atoms with E-state index in [2.05, 4.69) is 26.8 Å². The number of likely N-dealkylation sites (N-methyl/N-ethyl adjacent to an activating group) is 1. The molecule has 0 amide bonds. The summed E-state index contributed by atoms with van der Waals surface area (Å²) < 4.78 is 0. The minimum absolute atomic E-state index is 0.462. The molecule has 0 spiro atoms. The van der Waals surface area contributed by atoms with Crippen LogP contribution in [0.5, 0.6) is 0 Å². The third-order valence-electron chi connectivity index (χ3n) is 3.49. The lowest BCUT2D eigenvalue weighted by Gasteiger charge is -2.21. The number of benzene rings is 1. The summed E-state index contributed by atoms with van der Waals surface area (Å²) in [5.74, 6) is -0.771. The standard InChI is InChI=1S/C14H21NO2/c1-9-6-7-12(11(3)10(9)2)8-13(14(16)17)15(4)5/h6-7,13H,8H2,1-5H3,(H,16,17)/t13-/m0/s1. The molecular weight excluding hydrogens is 214 g/mol. The molecule has 0 unspecified atom stereocenters. The van der Waals surface area contributed by atoms with Crippen molar-refractivity contribution in [2.75, 3.05) is 14.1 Å². The molecule has 0 fully saturated rings. The van der Waals surface area contributed by atoms with Gasteiger partial charge in [-0.3, -0.25) is 9.69 Å². The van der Waals surface area contributed by atoms with Crippen LogP contribution in [-0.4, -0.2) is 36.1 Å². The number of carboxylic acid groups (broad SMARTS) is 1. The molecule has 3 heteroatoms. The maximum absolute atomic E-state index is 11.2. The fourth-order valence-corrected chi connectivity index (χ4v) is 1.93. The van der Waals surface area contributed by atoms with Crippen molar-refractivity contribution >= 4 is 5.97 Å². The van der Waals surface area contributed by atoms with E-state index in [1.165, 1.54) is 16.7 Å². The zero-order valence-corrected chi connectivity index (χ0v) is 11.2. The Morgan fingerprint density at radius 1 is 1.24 bits per heavy atom. The topological polar surface area (TPSA) is 40.5 Å². The summed E-state index contributed by atoms with van der Waals surface area (Å²) in [6, 6.07) is 3.64. The highest BCUT2D eigenvalue weighted by Crippen LogP contribution is 2.19. The molecule has 1 aromatic rings. The van der Waals surface area contributed by atoms with E-state index in [0.29, 0.717) is 6.42 Å². The van der Waals surface area contributed by atoms with Crippen molar-refractivity contribution in [3.63, 3.8) is 0 Å². The number of nitrogens with zero attached hydrogens (tertiary/aromatic N) is 1. The smallest absolute Gasteiger partial charge is 0.321 e. The highest BCUT2D eigenvalue weighted by atomic mass is 16.4. The van der Waals surface area contributed by atoms with Gasteiger partial charge in [0.1, 0.15) is 6.04 Å². The number of hydrogen-bond donors (Lipinski definition) is 1. The van der Waals surface area contributed by atoms with Crippen LogP contribution in [0, 0.1) is 20.8 Å². The molecular formula is C14H21NO2. The van der Waals surface area contributed by atoms with Crippen molar-refractivity contribution in [2.45, 2.75) is 33.2 Å². The lowest BCUT2D eigenvalue weighted by Crippen LogP contribution is -2.37. The second-order valence-electron chi connectivity index (χ2n) is 4.81. The predicted octanol–water partition coefficient (Wildman–Crippen LogP) is 2.17. The lowest BCUT2D eigenvalue weighted by atomic mass is 9.94. The second kappa shape index (κ2) is 5.32. The van der Waals surface area contributed by atoms with E-state index in [4.69, 9.17) is 0 Å². The van der Waals surface area contributed by atoms with E-state index in [1.54, 1.807) is 19.0 Å². The van der Waals surface area contributed by atoms with Crippen LogP contribution in [0.1, 0.15) is 22.3 Å². The summed E-state index contributed by atoms with van der Waals surface area (Å²) in [5, 5.41) is 9.18. The first-order valence-corrected chi connectivity index (χ1v) is 5.79. The Hall–Kier alpha value is -1.35. The summed E-state index contributed by atoms with van der Waals surface area (Å²) in [4.78, 5) is 12.9. The summed E-state index contributed by atoms with van der Waals surface area (Å²) in [5.41, 5.74) is 4.83. The number of aryl methyl sites for hydroxylation is 1. The molecule has 0 aliphatic carbocycles. The Kier molecular flexibility index (Phi) is 4.29. The van der Waals surface area contributed by atoms with Gasteiger partial charge in [0.25, 0.3) is 0 Å². The number of aliphatic carboxylic acids is 1. The quantitative estimate of drug-likeness (QED) is 0.869. The van der Waals surface area contributed by atoms with Crippen molar-refractivity contribution in [1.29, 1.82) is 0 Å². The van der Waals surface area contributed by atoms with Gasteiger partial charge < -0.3 is 5.11 Å². The first-order chi connectivity index (χ1) is 7.84. The van der Waals surface area contributed by atoms with Gasteiger partial charge in [-0.25, -0.2) is 0 Å². The highest BCUT2D eigenvalue weighted by Gasteiger charge is 2.21. The molecule has 3 nitrogen and oxygen atoms in total.